The van der Waals surface area contributed by atoms with Crippen molar-refractivity contribution in [2.75, 3.05) is 26.2 Å². The van der Waals surface area contributed by atoms with Crippen molar-refractivity contribution in [3.8, 4) is 0 Å². The lowest BCUT2D eigenvalue weighted by molar-refractivity contribution is -0.0649. The van der Waals surface area contributed by atoms with Crippen molar-refractivity contribution in [3.63, 3.8) is 0 Å². The third-order valence-corrected chi connectivity index (χ3v) is 7.78. The summed E-state index contributed by atoms with van der Waals surface area (Å²) in [6, 6.07) is 1.49. The second-order valence-corrected chi connectivity index (χ2v) is 9.86. The molecule has 5 fully saturated rings. The van der Waals surface area contributed by atoms with Gasteiger partial charge in [0.2, 0.25) is 0 Å². The van der Waals surface area contributed by atoms with Crippen LogP contribution < -0.4 is 0 Å². The third kappa shape index (κ3) is 3.23. The van der Waals surface area contributed by atoms with Crippen LogP contribution in [0.25, 0.3) is 0 Å². The van der Waals surface area contributed by atoms with E-state index in [0.29, 0.717) is 0 Å². The van der Waals surface area contributed by atoms with Crippen molar-refractivity contribution < 1.29 is 0 Å². The van der Waals surface area contributed by atoms with Gasteiger partial charge in [0, 0.05) is 25.2 Å². The standard InChI is InChI=1S/C21H38N2/c1-4-6-23-16(2)14-22(15-17(23)3)7-5-21-11-18-8-19(12-21)10-20(9-18)13-21/h16-20H,4-15H2,1-3H3. The predicted molar refractivity (Wildman–Crippen MR) is 97.6 cm³/mol. The molecule has 1 heterocycles. The number of piperazine rings is 1. The van der Waals surface area contributed by atoms with Crippen molar-refractivity contribution in [1.82, 2.24) is 9.80 Å². The van der Waals surface area contributed by atoms with Crippen molar-refractivity contribution in [2.45, 2.75) is 84.2 Å². The molecule has 2 atom stereocenters. The van der Waals surface area contributed by atoms with Gasteiger partial charge in [0.15, 0.2) is 0 Å². The fraction of sp³-hybridized carbons (Fsp3) is 1.00. The molecule has 0 radical (unpaired) electrons. The SMILES string of the molecule is CCCN1C(C)CN(CCC23CC4CC(CC(C4)C2)C3)CC1C. The van der Waals surface area contributed by atoms with Gasteiger partial charge in [-0.05, 0) is 101 Å². The summed E-state index contributed by atoms with van der Waals surface area (Å²) in [6.07, 6.45) is 12.3. The Labute approximate surface area is 144 Å². The molecule has 2 nitrogen and oxygen atoms in total. The molecule has 1 saturated heterocycles. The molecule has 132 valence electrons. The Morgan fingerprint density at radius 2 is 1.35 bits per heavy atom. The third-order valence-electron chi connectivity index (χ3n) is 7.78. The second kappa shape index (κ2) is 6.33. The zero-order valence-electron chi connectivity index (χ0n) is 15.8. The van der Waals surface area contributed by atoms with E-state index in [-0.39, 0.29) is 0 Å². The first-order chi connectivity index (χ1) is 11.1. The maximum Gasteiger partial charge on any atom is 0.0198 e. The van der Waals surface area contributed by atoms with Crippen LogP contribution in [0.5, 0.6) is 0 Å². The molecule has 0 amide bonds. The Kier molecular flexibility index (Phi) is 4.51. The van der Waals surface area contributed by atoms with Crippen LogP contribution in [-0.4, -0.2) is 48.1 Å². The van der Waals surface area contributed by atoms with Crippen LogP contribution >= 0.6 is 0 Å². The fourth-order valence-electron chi connectivity index (χ4n) is 7.34. The Morgan fingerprint density at radius 1 is 0.826 bits per heavy atom. The normalized spacial score (nSPS) is 47.3. The molecule has 4 saturated carbocycles. The topological polar surface area (TPSA) is 6.48 Å². The first kappa shape index (κ1) is 16.4. The van der Waals surface area contributed by atoms with Gasteiger partial charge in [0.1, 0.15) is 0 Å². The molecule has 0 aromatic heterocycles. The number of hydrogen-bond donors (Lipinski definition) is 0. The lowest BCUT2D eigenvalue weighted by Crippen LogP contribution is -2.57. The summed E-state index contributed by atoms with van der Waals surface area (Å²) in [5.41, 5.74) is 0.766. The molecule has 0 N–H and O–H groups in total. The van der Waals surface area contributed by atoms with E-state index in [1.807, 2.05) is 0 Å². The molecule has 4 aliphatic carbocycles. The van der Waals surface area contributed by atoms with Crippen molar-refractivity contribution in [1.29, 1.82) is 0 Å². The molecule has 0 aromatic carbocycles. The van der Waals surface area contributed by atoms with Crippen molar-refractivity contribution in [2.24, 2.45) is 23.2 Å². The summed E-state index contributed by atoms with van der Waals surface area (Å²) < 4.78 is 0. The van der Waals surface area contributed by atoms with E-state index >= 15 is 0 Å². The summed E-state index contributed by atoms with van der Waals surface area (Å²) in [5, 5.41) is 0. The van der Waals surface area contributed by atoms with Gasteiger partial charge in [-0.15, -0.1) is 0 Å². The highest BCUT2D eigenvalue weighted by atomic mass is 15.3. The maximum atomic E-state index is 2.81. The van der Waals surface area contributed by atoms with Gasteiger partial charge in [-0.1, -0.05) is 6.92 Å². The second-order valence-electron chi connectivity index (χ2n) is 9.86. The largest absolute Gasteiger partial charge is 0.300 e. The summed E-state index contributed by atoms with van der Waals surface area (Å²) in [4.78, 5) is 5.54. The minimum absolute atomic E-state index is 0.745. The molecule has 2 unspecified atom stereocenters. The van der Waals surface area contributed by atoms with Crippen LogP contribution in [0.2, 0.25) is 0 Å². The number of nitrogens with zero attached hydrogens (tertiary/aromatic N) is 2. The lowest BCUT2D eigenvalue weighted by Gasteiger charge is -2.57. The first-order valence-corrected chi connectivity index (χ1v) is 10.5. The quantitative estimate of drug-likeness (QED) is 0.741. The molecule has 23 heavy (non-hydrogen) atoms. The highest BCUT2D eigenvalue weighted by Gasteiger charge is 2.50. The summed E-state index contributed by atoms with van der Waals surface area (Å²) in [7, 11) is 0. The van der Waals surface area contributed by atoms with Crippen LogP contribution in [0.4, 0.5) is 0 Å². The smallest absolute Gasteiger partial charge is 0.0198 e. The van der Waals surface area contributed by atoms with Gasteiger partial charge in [0.05, 0.1) is 0 Å². The number of rotatable bonds is 5. The summed E-state index contributed by atoms with van der Waals surface area (Å²) in [5.74, 6) is 3.33. The van der Waals surface area contributed by atoms with E-state index in [4.69, 9.17) is 0 Å². The summed E-state index contributed by atoms with van der Waals surface area (Å²) >= 11 is 0. The fourth-order valence-corrected chi connectivity index (χ4v) is 7.34. The molecular formula is C21H38N2. The molecule has 0 spiro atoms. The number of hydrogen-bond acceptors (Lipinski definition) is 2. The van der Waals surface area contributed by atoms with Crippen LogP contribution in [0.15, 0.2) is 0 Å². The van der Waals surface area contributed by atoms with E-state index in [1.165, 1.54) is 39.0 Å². The molecular weight excluding hydrogens is 280 g/mol. The molecule has 0 aromatic rings. The molecule has 1 aliphatic heterocycles. The van der Waals surface area contributed by atoms with Crippen molar-refractivity contribution >= 4 is 0 Å². The maximum absolute atomic E-state index is 2.81. The zero-order chi connectivity index (χ0) is 16.0. The molecule has 4 bridgehead atoms. The first-order valence-electron chi connectivity index (χ1n) is 10.5. The molecule has 2 heteroatoms. The van der Waals surface area contributed by atoms with Gasteiger partial charge in [0.25, 0.3) is 0 Å². The van der Waals surface area contributed by atoms with E-state index in [0.717, 1.165) is 35.3 Å². The summed E-state index contributed by atoms with van der Waals surface area (Å²) in [6.45, 7) is 12.5. The highest BCUT2D eigenvalue weighted by Crippen LogP contribution is 2.61. The molecule has 5 rings (SSSR count). The Bertz CT molecular complexity index is 371. The monoisotopic (exact) mass is 318 g/mol. The van der Waals surface area contributed by atoms with E-state index in [9.17, 15) is 0 Å². The van der Waals surface area contributed by atoms with Crippen LogP contribution in [0, 0.1) is 23.2 Å². The van der Waals surface area contributed by atoms with Gasteiger partial charge in [-0.3, -0.25) is 4.90 Å². The van der Waals surface area contributed by atoms with E-state index < -0.39 is 0 Å². The Balaban J connectivity index is 1.33. The van der Waals surface area contributed by atoms with Gasteiger partial charge in [-0.25, -0.2) is 0 Å². The Hall–Kier alpha value is -0.0800. The molecule has 5 aliphatic rings. The predicted octanol–water partition coefficient (Wildman–Crippen LogP) is 4.40. The van der Waals surface area contributed by atoms with Gasteiger partial charge < -0.3 is 4.90 Å². The average molecular weight is 319 g/mol. The zero-order valence-corrected chi connectivity index (χ0v) is 15.8. The Morgan fingerprint density at radius 3 is 1.83 bits per heavy atom. The van der Waals surface area contributed by atoms with Crippen molar-refractivity contribution in [3.05, 3.63) is 0 Å². The van der Waals surface area contributed by atoms with E-state index in [1.54, 1.807) is 38.5 Å². The minimum atomic E-state index is 0.745. The minimum Gasteiger partial charge on any atom is -0.300 e. The van der Waals surface area contributed by atoms with Crippen LogP contribution in [0.1, 0.15) is 72.1 Å². The van der Waals surface area contributed by atoms with E-state index in [2.05, 4.69) is 30.6 Å². The van der Waals surface area contributed by atoms with Gasteiger partial charge >= 0.3 is 0 Å². The van der Waals surface area contributed by atoms with Crippen LogP contribution in [0.3, 0.4) is 0 Å². The van der Waals surface area contributed by atoms with Gasteiger partial charge in [-0.2, -0.15) is 0 Å². The lowest BCUT2D eigenvalue weighted by atomic mass is 9.49. The van der Waals surface area contributed by atoms with Crippen LogP contribution in [-0.2, 0) is 0 Å². The average Bonchev–Trinajstić information content (AvgIpc) is 2.48. The highest BCUT2D eigenvalue weighted by molar-refractivity contribution is 5.01.